The molecule has 0 radical (unpaired) electrons. The lowest BCUT2D eigenvalue weighted by atomic mass is 9.79. The summed E-state index contributed by atoms with van der Waals surface area (Å²) in [6.07, 6.45) is 0.485. The van der Waals surface area contributed by atoms with E-state index >= 15 is 0 Å². The number of fused-ring (bicyclic) bond motifs is 1. The van der Waals surface area contributed by atoms with Gasteiger partial charge in [0.05, 0.1) is 18.1 Å². The number of hydrogen-bond donors (Lipinski definition) is 4. The minimum Gasteiger partial charge on any atom is -0.477 e. The van der Waals surface area contributed by atoms with Gasteiger partial charge >= 0.3 is 5.97 Å². The number of aliphatic carboxylic acids is 1. The molecule has 0 aromatic carbocycles. The lowest BCUT2D eigenvalue weighted by Crippen LogP contribution is -2.63. The highest BCUT2D eigenvalue weighted by Crippen LogP contribution is 2.51. The maximum absolute atomic E-state index is 12.4. The van der Waals surface area contributed by atoms with Crippen molar-refractivity contribution in [3.63, 3.8) is 0 Å². The second-order valence-electron chi connectivity index (χ2n) is 7.64. The Balaban J connectivity index is 1.61. The minimum atomic E-state index is -1.08. The van der Waals surface area contributed by atoms with Crippen LogP contribution in [0.4, 0.5) is 0 Å². The van der Waals surface area contributed by atoms with Gasteiger partial charge in [0.2, 0.25) is 11.8 Å². The summed E-state index contributed by atoms with van der Waals surface area (Å²) in [4.78, 5) is 37.1. The molecule has 156 valence electrons. The number of nitrogens with zero attached hydrogens (tertiary/aromatic N) is 1. The van der Waals surface area contributed by atoms with E-state index in [9.17, 15) is 24.6 Å². The van der Waals surface area contributed by atoms with Gasteiger partial charge in [-0.05, 0) is 13.3 Å². The molecular weight excluding hydrogens is 402 g/mol. The number of nitrogens with two attached hydrogens (primary N) is 1. The molecule has 3 aliphatic heterocycles. The molecule has 8 nitrogen and oxygen atoms in total. The molecule has 0 aromatic heterocycles. The number of hydrogen-bond acceptors (Lipinski definition) is 7. The van der Waals surface area contributed by atoms with Crippen LogP contribution in [0.1, 0.15) is 26.7 Å². The number of carboxylic acid groups (broad SMARTS) is 1. The first-order chi connectivity index (χ1) is 13.2. The molecule has 0 aliphatic carbocycles. The van der Waals surface area contributed by atoms with Gasteiger partial charge in [0.15, 0.2) is 0 Å². The smallest absolute Gasteiger partial charge is 0.353 e. The third-order valence-corrected chi connectivity index (χ3v) is 8.24. The lowest BCUT2D eigenvalue weighted by molar-refractivity contribution is -0.163. The third-order valence-electron chi connectivity index (χ3n) is 5.60. The van der Waals surface area contributed by atoms with Crippen molar-refractivity contribution in [1.82, 2.24) is 10.2 Å². The van der Waals surface area contributed by atoms with Crippen LogP contribution in [0.15, 0.2) is 10.6 Å². The van der Waals surface area contributed by atoms with Crippen molar-refractivity contribution in [2.24, 2.45) is 17.6 Å². The van der Waals surface area contributed by atoms with Crippen LogP contribution in [0.5, 0.6) is 0 Å². The number of carboxylic acids is 1. The fourth-order valence-electron chi connectivity index (χ4n) is 4.26. The highest BCUT2D eigenvalue weighted by molar-refractivity contribution is 8.03. The largest absolute Gasteiger partial charge is 0.477 e. The molecule has 2 saturated heterocycles. The molecule has 3 rings (SSSR count). The summed E-state index contributed by atoms with van der Waals surface area (Å²) in [6.45, 7) is 4.30. The SMILES string of the molecule is CC(O)[C@H]1C(=O)N2C(C(=O)O)=C(S[C@@H]3CN[C@H](CSCCC(N)=O)C3)[C@H](C)C12. The van der Waals surface area contributed by atoms with Gasteiger partial charge in [-0.1, -0.05) is 6.92 Å². The van der Waals surface area contributed by atoms with Crippen molar-refractivity contribution in [3.8, 4) is 0 Å². The summed E-state index contributed by atoms with van der Waals surface area (Å²) in [5.74, 6) is -0.723. The number of primary amides is 1. The minimum absolute atomic E-state index is 0.0867. The second-order valence-corrected chi connectivity index (χ2v) is 10.1. The van der Waals surface area contributed by atoms with E-state index in [1.807, 2.05) is 6.92 Å². The first-order valence-electron chi connectivity index (χ1n) is 9.47. The lowest BCUT2D eigenvalue weighted by Gasteiger charge is -2.46. The van der Waals surface area contributed by atoms with Crippen molar-refractivity contribution >= 4 is 41.3 Å². The van der Waals surface area contributed by atoms with Gasteiger partial charge in [-0.25, -0.2) is 4.79 Å². The summed E-state index contributed by atoms with van der Waals surface area (Å²) in [5.41, 5.74) is 5.24. The molecule has 5 N–H and O–H groups in total. The van der Waals surface area contributed by atoms with Crippen LogP contribution in [0.25, 0.3) is 0 Å². The van der Waals surface area contributed by atoms with Crippen LogP contribution in [-0.4, -0.2) is 74.4 Å². The highest BCUT2D eigenvalue weighted by atomic mass is 32.2. The van der Waals surface area contributed by atoms with Crippen LogP contribution in [0, 0.1) is 11.8 Å². The number of thioether (sulfide) groups is 2. The molecular formula is C18H27N3O5S2. The zero-order chi connectivity index (χ0) is 20.6. The van der Waals surface area contributed by atoms with Gasteiger partial charge in [-0.2, -0.15) is 11.8 Å². The van der Waals surface area contributed by atoms with Crippen LogP contribution in [-0.2, 0) is 14.4 Å². The molecule has 3 aliphatic rings. The summed E-state index contributed by atoms with van der Waals surface area (Å²) in [6, 6.07) is 0.0421. The standard InChI is InChI=1S/C18H27N3O5S2/c1-8-14-13(9(2)22)17(24)21(14)15(18(25)26)16(8)28-11-5-10(20-6-11)7-27-4-3-12(19)23/h8-11,13-14,20,22H,3-7H2,1-2H3,(H2,19,23)(H,25,26)/t8-,9?,10+,11+,13-,14?/m1/s1. The fourth-order valence-corrected chi connectivity index (χ4v) is 6.82. The molecule has 6 atom stereocenters. The molecule has 28 heavy (non-hydrogen) atoms. The quantitative estimate of drug-likeness (QED) is 0.302. The third kappa shape index (κ3) is 4.05. The van der Waals surface area contributed by atoms with Crippen molar-refractivity contribution in [1.29, 1.82) is 0 Å². The van der Waals surface area contributed by atoms with E-state index in [1.165, 1.54) is 4.90 Å². The van der Waals surface area contributed by atoms with E-state index in [-0.39, 0.29) is 34.7 Å². The maximum atomic E-state index is 12.4. The Labute approximate surface area is 172 Å². The average Bonchev–Trinajstić information content (AvgIpc) is 3.14. The molecule has 0 bridgehead atoms. The Morgan fingerprint density at radius 2 is 2.14 bits per heavy atom. The Hall–Kier alpha value is -1.23. The van der Waals surface area contributed by atoms with E-state index in [0.29, 0.717) is 18.2 Å². The van der Waals surface area contributed by atoms with Gasteiger partial charge in [-0.15, -0.1) is 11.8 Å². The molecule has 10 heteroatoms. The van der Waals surface area contributed by atoms with Gasteiger partial charge < -0.3 is 26.2 Å². The van der Waals surface area contributed by atoms with Crippen molar-refractivity contribution < 1.29 is 24.6 Å². The second kappa shape index (κ2) is 8.64. The van der Waals surface area contributed by atoms with Gasteiger partial charge in [0.1, 0.15) is 5.70 Å². The van der Waals surface area contributed by atoms with E-state index in [0.717, 1.165) is 23.6 Å². The number of aliphatic hydroxyl groups is 1. The fraction of sp³-hybridized carbons (Fsp3) is 0.722. The molecule has 2 unspecified atom stereocenters. The Bertz CT molecular complexity index is 699. The summed E-state index contributed by atoms with van der Waals surface area (Å²) in [5, 5.41) is 23.3. The van der Waals surface area contributed by atoms with E-state index in [4.69, 9.17) is 5.73 Å². The molecule has 3 heterocycles. The Kier molecular flexibility index (Phi) is 6.63. The Morgan fingerprint density at radius 3 is 2.75 bits per heavy atom. The molecule has 0 aromatic rings. The average molecular weight is 430 g/mol. The van der Waals surface area contributed by atoms with E-state index in [1.54, 1.807) is 30.4 Å². The predicted octanol–water partition coefficient (Wildman–Crippen LogP) is 0.212. The number of rotatable bonds is 9. The van der Waals surface area contributed by atoms with Gasteiger partial charge in [0.25, 0.3) is 0 Å². The van der Waals surface area contributed by atoms with Crippen molar-refractivity contribution in [3.05, 3.63) is 10.6 Å². The summed E-state index contributed by atoms with van der Waals surface area (Å²) < 4.78 is 0. The van der Waals surface area contributed by atoms with Crippen molar-refractivity contribution in [2.75, 3.05) is 18.1 Å². The monoisotopic (exact) mass is 429 g/mol. The first-order valence-corrected chi connectivity index (χ1v) is 11.5. The number of aliphatic hydroxyl groups excluding tert-OH is 1. The maximum Gasteiger partial charge on any atom is 0.353 e. The summed E-state index contributed by atoms with van der Waals surface area (Å²) >= 11 is 3.23. The highest BCUT2D eigenvalue weighted by Gasteiger charge is 2.60. The van der Waals surface area contributed by atoms with E-state index < -0.39 is 18.0 Å². The van der Waals surface area contributed by atoms with Gasteiger partial charge in [0, 0.05) is 46.6 Å². The first kappa shape index (κ1) is 21.5. The zero-order valence-corrected chi connectivity index (χ0v) is 17.6. The molecule has 0 spiro atoms. The molecule has 0 saturated carbocycles. The van der Waals surface area contributed by atoms with Crippen LogP contribution in [0.2, 0.25) is 0 Å². The van der Waals surface area contributed by atoms with Crippen LogP contribution < -0.4 is 11.1 Å². The number of nitrogens with one attached hydrogen (secondary N) is 1. The van der Waals surface area contributed by atoms with Crippen LogP contribution in [0.3, 0.4) is 0 Å². The topological polar surface area (TPSA) is 133 Å². The predicted molar refractivity (Wildman–Crippen MR) is 109 cm³/mol. The van der Waals surface area contributed by atoms with Crippen molar-refractivity contribution in [2.45, 2.75) is 50.1 Å². The number of β-lactam (4-membered cyclic amide) rings is 1. The van der Waals surface area contributed by atoms with Gasteiger partial charge in [-0.3, -0.25) is 9.59 Å². The number of carbonyl (C=O) groups excluding carboxylic acids is 2. The number of amides is 2. The molecule has 2 fully saturated rings. The zero-order valence-electron chi connectivity index (χ0n) is 16.0. The van der Waals surface area contributed by atoms with Crippen LogP contribution >= 0.6 is 23.5 Å². The Morgan fingerprint density at radius 1 is 1.43 bits per heavy atom. The normalized spacial score (nSPS) is 33.0. The molecule has 2 amide bonds. The number of carbonyl (C=O) groups is 3. The summed E-state index contributed by atoms with van der Waals surface area (Å²) in [7, 11) is 0. The van der Waals surface area contributed by atoms with E-state index in [2.05, 4.69) is 5.32 Å².